The molecule has 1 aromatic rings. The summed E-state index contributed by atoms with van der Waals surface area (Å²) in [7, 11) is 0. The molecule has 100 valence electrons. The number of hydrogen-bond donors (Lipinski definition) is 1. The quantitative estimate of drug-likeness (QED) is 0.853. The van der Waals surface area contributed by atoms with Gasteiger partial charge < -0.3 is 10.5 Å². The summed E-state index contributed by atoms with van der Waals surface area (Å²) < 4.78 is 5.35. The molecule has 1 aliphatic rings. The van der Waals surface area contributed by atoms with Crippen molar-refractivity contribution in [1.82, 2.24) is 0 Å². The Labute approximate surface area is 112 Å². The van der Waals surface area contributed by atoms with E-state index in [0.29, 0.717) is 12.5 Å². The van der Waals surface area contributed by atoms with Crippen molar-refractivity contribution < 1.29 is 9.53 Å². The molecule has 2 unspecified atom stereocenters. The van der Waals surface area contributed by atoms with Crippen LogP contribution in [0.2, 0.25) is 0 Å². The zero-order chi connectivity index (χ0) is 13.0. The van der Waals surface area contributed by atoms with E-state index in [1.54, 1.807) is 11.3 Å². The van der Waals surface area contributed by atoms with Gasteiger partial charge in [0.05, 0.1) is 6.61 Å². The highest BCUT2D eigenvalue weighted by atomic mass is 32.1. The number of ether oxygens (including phenoxy) is 1. The summed E-state index contributed by atoms with van der Waals surface area (Å²) in [5, 5.41) is 2.03. The molecule has 0 aliphatic heterocycles. The Morgan fingerprint density at radius 3 is 3.17 bits per heavy atom. The minimum Gasteiger partial charge on any atom is -0.464 e. The Bertz CT molecular complexity index is 391. The van der Waals surface area contributed by atoms with Crippen molar-refractivity contribution in [2.75, 3.05) is 6.61 Å². The number of esters is 1. The van der Waals surface area contributed by atoms with Crippen molar-refractivity contribution in [3.05, 3.63) is 22.4 Å². The molecule has 0 saturated heterocycles. The van der Waals surface area contributed by atoms with E-state index >= 15 is 0 Å². The van der Waals surface area contributed by atoms with Gasteiger partial charge in [-0.05, 0) is 30.2 Å². The SMILES string of the molecule is CC1CCCC(N)(C(=O)OCCc2cccs2)C1. The van der Waals surface area contributed by atoms with Gasteiger partial charge in [0, 0.05) is 11.3 Å². The van der Waals surface area contributed by atoms with Crippen LogP contribution in [0.25, 0.3) is 0 Å². The molecular formula is C14H21NO2S. The second-order valence-electron chi connectivity index (χ2n) is 5.32. The van der Waals surface area contributed by atoms with Crippen molar-refractivity contribution in [2.24, 2.45) is 11.7 Å². The summed E-state index contributed by atoms with van der Waals surface area (Å²) in [4.78, 5) is 13.3. The standard InChI is InChI=1S/C14H21NO2S/c1-11-4-2-7-14(15,10-11)13(16)17-8-6-12-5-3-9-18-12/h3,5,9,11H,2,4,6-8,10,15H2,1H3. The lowest BCUT2D eigenvalue weighted by Gasteiger charge is -2.34. The average Bonchev–Trinajstić information content (AvgIpc) is 2.81. The number of thiophene rings is 1. The lowest BCUT2D eigenvalue weighted by atomic mass is 9.77. The lowest BCUT2D eigenvalue weighted by molar-refractivity contribution is -0.152. The van der Waals surface area contributed by atoms with Gasteiger partial charge >= 0.3 is 5.97 Å². The van der Waals surface area contributed by atoms with Crippen molar-refractivity contribution in [3.8, 4) is 0 Å². The molecule has 0 spiro atoms. The second kappa shape index (κ2) is 5.85. The van der Waals surface area contributed by atoms with Gasteiger partial charge in [-0.15, -0.1) is 11.3 Å². The van der Waals surface area contributed by atoms with Crippen molar-refractivity contribution in [2.45, 2.75) is 44.6 Å². The highest BCUT2D eigenvalue weighted by Gasteiger charge is 2.39. The second-order valence-corrected chi connectivity index (χ2v) is 6.36. The monoisotopic (exact) mass is 267 g/mol. The van der Waals surface area contributed by atoms with Crippen LogP contribution in [0.1, 0.15) is 37.5 Å². The molecule has 18 heavy (non-hydrogen) atoms. The van der Waals surface area contributed by atoms with Gasteiger partial charge in [0.2, 0.25) is 0 Å². The number of carbonyl (C=O) groups is 1. The molecule has 0 bridgehead atoms. The van der Waals surface area contributed by atoms with Crippen LogP contribution in [-0.4, -0.2) is 18.1 Å². The van der Waals surface area contributed by atoms with Crippen molar-refractivity contribution in [3.63, 3.8) is 0 Å². The number of carbonyl (C=O) groups excluding carboxylic acids is 1. The fourth-order valence-electron chi connectivity index (χ4n) is 2.62. The van der Waals surface area contributed by atoms with Crippen LogP contribution in [0.3, 0.4) is 0 Å². The summed E-state index contributed by atoms with van der Waals surface area (Å²) >= 11 is 1.69. The first-order chi connectivity index (χ1) is 8.60. The first kappa shape index (κ1) is 13.6. The third-order valence-corrected chi connectivity index (χ3v) is 4.54. The van der Waals surface area contributed by atoms with Gasteiger partial charge in [0.25, 0.3) is 0 Å². The van der Waals surface area contributed by atoms with Gasteiger partial charge in [-0.2, -0.15) is 0 Å². The van der Waals surface area contributed by atoms with Crippen LogP contribution in [0.15, 0.2) is 17.5 Å². The van der Waals surface area contributed by atoms with Gasteiger partial charge in [-0.25, -0.2) is 0 Å². The molecule has 4 heteroatoms. The zero-order valence-corrected chi connectivity index (χ0v) is 11.7. The average molecular weight is 267 g/mol. The third kappa shape index (κ3) is 3.33. The Balaban J connectivity index is 1.80. The maximum atomic E-state index is 12.1. The van der Waals surface area contributed by atoms with Crippen LogP contribution < -0.4 is 5.73 Å². The molecule has 1 fully saturated rings. The smallest absolute Gasteiger partial charge is 0.326 e. The first-order valence-electron chi connectivity index (χ1n) is 6.59. The van der Waals surface area contributed by atoms with E-state index < -0.39 is 5.54 Å². The molecule has 1 saturated carbocycles. The van der Waals surface area contributed by atoms with E-state index in [2.05, 4.69) is 13.0 Å². The number of rotatable bonds is 4. The largest absolute Gasteiger partial charge is 0.464 e. The Morgan fingerprint density at radius 2 is 2.50 bits per heavy atom. The molecule has 0 aromatic carbocycles. The highest BCUT2D eigenvalue weighted by molar-refractivity contribution is 7.09. The van der Waals surface area contributed by atoms with Crippen molar-refractivity contribution >= 4 is 17.3 Å². The van der Waals surface area contributed by atoms with E-state index in [1.165, 1.54) is 11.3 Å². The Kier molecular flexibility index (Phi) is 4.40. The van der Waals surface area contributed by atoms with Gasteiger partial charge in [-0.1, -0.05) is 25.8 Å². The van der Waals surface area contributed by atoms with Crippen molar-refractivity contribution in [1.29, 1.82) is 0 Å². The Hall–Kier alpha value is -0.870. The normalized spacial score (nSPS) is 28.0. The molecule has 2 atom stereocenters. The summed E-state index contributed by atoms with van der Waals surface area (Å²) in [6.45, 7) is 2.59. The Morgan fingerprint density at radius 1 is 1.67 bits per heavy atom. The lowest BCUT2D eigenvalue weighted by Crippen LogP contribution is -2.52. The van der Waals surface area contributed by atoms with Gasteiger partial charge in [0.1, 0.15) is 5.54 Å². The van der Waals surface area contributed by atoms with E-state index in [1.807, 2.05) is 11.4 Å². The van der Waals surface area contributed by atoms with Crippen LogP contribution in [0.5, 0.6) is 0 Å². The molecule has 0 radical (unpaired) electrons. The minimum atomic E-state index is -0.743. The van der Waals surface area contributed by atoms with Crippen LogP contribution in [-0.2, 0) is 16.0 Å². The predicted molar refractivity (Wildman–Crippen MR) is 73.5 cm³/mol. The molecule has 1 aliphatic carbocycles. The summed E-state index contributed by atoms with van der Waals surface area (Å²) in [6, 6.07) is 4.06. The first-order valence-corrected chi connectivity index (χ1v) is 7.46. The summed E-state index contributed by atoms with van der Waals surface area (Å²) in [5.74, 6) is 0.305. The molecular weight excluding hydrogens is 246 g/mol. The molecule has 2 rings (SSSR count). The maximum absolute atomic E-state index is 12.1. The molecule has 3 nitrogen and oxygen atoms in total. The van der Waals surface area contributed by atoms with Crippen LogP contribution >= 0.6 is 11.3 Å². The van der Waals surface area contributed by atoms with Crippen LogP contribution in [0, 0.1) is 5.92 Å². The maximum Gasteiger partial charge on any atom is 0.326 e. The molecule has 1 aromatic heterocycles. The number of nitrogens with two attached hydrogens (primary N) is 1. The number of hydrogen-bond acceptors (Lipinski definition) is 4. The summed E-state index contributed by atoms with van der Waals surface area (Å²) in [6.07, 6.45) is 4.49. The molecule has 1 heterocycles. The van der Waals surface area contributed by atoms with E-state index in [9.17, 15) is 4.79 Å². The molecule has 2 N–H and O–H groups in total. The minimum absolute atomic E-state index is 0.217. The van der Waals surface area contributed by atoms with Crippen LogP contribution in [0.4, 0.5) is 0 Å². The fourth-order valence-corrected chi connectivity index (χ4v) is 3.31. The summed E-state index contributed by atoms with van der Waals surface area (Å²) in [5.41, 5.74) is 5.44. The topological polar surface area (TPSA) is 52.3 Å². The van der Waals surface area contributed by atoms with Gasteiger partial charge in [-0.3, -0.25) is 4.79 Å². The van der Waals surface area contributed by atoms with E-state index in [4.69, 9.17) is 10.5 Å². The van der Waals surface area contributed by atoms with Gasteiger partial charge in [0.15, 0.2) is 0 Å². The van der Waals surface area contributed by atoms with E-state index in [0.717, 1.165) is 25.7 Å². The van der Waals surface area contributed by atoms with E-state index in [-0.39, 0.29) is 5.97 Å². The zero-order valence-electron chi connectivity index (χ0n) is 10.9. The highest BCUT2D eigenvalue weighted by Crippen LogP contribution is 2.31. The fraction of sp³-hybridized carbons (Fsp3) is 0.643. The predicted octanol–water partition coefficient (Wildman–Crippen LogP) is 2.74. The third-order valence-electron chi connectivity index (χ3n) is 3.60. The molecule has 0 amide bonds.